The van der Waals surface area contributed by atoms with Crippen LogP contribution in [0, 0.1) is 38.9 Å². The van der Waals surface area contributed by atoms with Crippen LogP contribution in [0.3, 0.4) is 0 Å². The van der Waals surface area contributed by atoms with Crippen molar-refractivity contribution in [2.24, 2.45) is 38.9 Å². The second-order valence-corrected chi connectivity index (χ2v) is 17.8. The number of carbonyl (C=O) groups is 3. The van der Waals surface area contributed by atoms with Crippen molar-refractivity contribution in [2.45, 2.75) is 149 Å². The largest absolute Gasteiger partial charge is 0.463 e. The highest BCUT2D eigenvalue weighted by Crippen LogP contribution is 2.51. The summed E-state index contributed by atoms with van der Waals surface area (Å²) in [6.45, 7) is 37.9. The number of amides is 2. The molecule has 0 aliphatic carbocycles. The predicted molar refractivity (Wildman–Crippen MR) is 172 cm³/mol. The Bertz CT molecular complexity index is 868. The molecule has 1 N–H and O–H groups in total. The Balaban J connectivity index is 0.000000831. The van der Waals surface area contributed by atoms with Gasteiger partial charge in [0.1, 0.15) is 6.61 Å². The molecule has 1 rings (SSSR count). The lowest BCUT2D eigenvalue weighted by Crippen LogP contribution is -2.49. The normalized spacial score (nSPS) is 17.5. The van der Waals surface area contributed by atoms with Crippen LogP contribution >= 0.6 is 0 Å². The average molecular weight is 581 g/mol. The van der Waals surface area contributed by atoms with Gasteiger partial charge in [0.15, 0.2) is 0 Å². The molecular formula is C35H68N2O4. The lowest BCUT2D eigenvalue weighted by atomic mass is 9.56. The summed E-state index contributed by atoms with van der Waals surface area (Å²) in [5, 5.41) is 3.18. The molecule has 1 fully saturated rings. The number of esters is 1. The van der Waals surface area contributed by atoms with Gasteiger partial charge in [-0.3, -0.25) is 14.4 Å². The second-order valence-electron chi connectivity index (χ2n) is 17.8. The SMILES string of the molecule is CC(C(=O)NC(C)(C)CC(C)(C)C)C(C)(C)C.CC(C)C(C)(C)C(C)(CC(C)(C)C)C(=O)OCCN1CCCC1=O. The van der Waals surface area contributed by atoms with E-state index in [9.17, 15) is 14.4 Å². The zero-order valence-electron chi connectivity index (χ0n) is 30.2. The lowest BCUT2D eigenvalue weighted by Gasteiger charge is -2.48. The summed E-state index contributed by atoms with van der Waals surface area (Å²) in [6.07, 6.45) is 3.28. The molecule has 0 saturated carbocycles. The summed E-state index contributed by atoms with van der Waals surface area (Å²) in [5.41, 5.74) is -0.613. The molecule has 1 heterocycles. The molecule has 6 heteroatoms. The topological polar surface area (TPSA) is 75.7 Å². The van der Waals surface area contributed by atoms with Crippen molar-refractivity contribution in [1.29, 1.82) is 0 Å². The average Bonchev–Trinajstić information content (AvgIpc) is 3.13. The predicted octanol–water partition coefficient (Wildman–Crippen LogP) is 8.28. The zero-order valence-corrected chi connectivity index (χ0v) is 30.2. The number of hydrogen-bond donors (Lipinski definition) is 1. The molecule has 0 aromatic carbocycles. The van der Waals surface area contributed by atoms with E-state index in [1.165, 1.54) is 0 Å². The molecule has 242 valence electrons. The van der Waals surface area contributed by atoms with Crippen molar-refractivity contribution in [2.75, 3.05) is 19.7 Å². The van der Waals surface area contributed by atoms with Crippen LogP contribution in [0.1, 0.15) is 143 Å². The zero-order chi connectivity index (χ0) is 32.8. The summed E-state index contributed by atoms with van der Waals surface area (Å²) >= 11 is 0. The Kier molecular flexibility index (Phi) is 13.7. The molecular weight excluding hydrogens is 512 g/mol. The molecule has 0 bridgehead atoms. The highest BCUT2D eigenvalue weighted by molar-refractivity contribution is 5.80. The van der Waals surface area contributed by atoms with E-state index in [1.807, 2.05) is 13.8 Å². The Morgan fingerprint density at radius 3 is 1.68 bits per heavy atom. The number of hydrogen-bond acceptors (Lipinski definition) is 4. The maximum Gasteiger partial charge on any atom is 0.312 e. The van der Waals surface area contributed by atoms with Crippen molar-refractivity contribution in [1.82, 2.24) is 10.2 Å². The minimum absolute atomic E-state index is 0.0158. The van der Waals surface area contributed by atoms with Crippen LogP contribution in [0.4, 0.5) is 0 Å². The van der Waals surface area contributed by atoms with E-state index in [0.717, 1.165) is 25.8 Å². The van der Waals surface area contributed by atoms with Gasteiger partial charge in [-0.2, -0.15) is 0 Å². The fourth-order valence-corrected chi connectivity index (χ4v) is 5.81. The second kappa shape index (κ2) is 14.3. The van der Waals surface area contributed by atoms with Gasteiger partial charge in [-0.05, 0) is 67.6 Å². The van der Waals surface area contributed by atoms with Crippen molar-refractivity contribution < 1.29 is 19.1 Å². The fourth-order valence-electron chi connectivity index (χ4n) is 5.81. The Morgan fingerprint density at radius 2 is 1.32 bits per heavy atom. The third-order valence-electron chi connectivity index (χ3n) is 9.09. The molecule has 0 aromatic rings. The van der Waals surface area contributed by atoms with Crippen molar-refractivity contribution in [3.05, 3.63) is 0 Å². The third-order valence-corrected chi connectivity index (χ3v) is 9.09. The Morgan fingerprint density at radius 1 is 0.829 bits per heavy atom. The first-order valence-corrected chi connectivity index (χ1v) is 15.8. The summed E-state index contributed by atoms with van der Waals surface area (Å²) in [7, 11) is 0. The smallest absolute Gasteiger partial charge is 0.312 e. The van der Waals surface area contributed by atoms with E-state index in [0.29, 0.717) is 25.5 Å². The molecule has 2 unspecified atom stereocenters. The first-order valence-electron chi connectivity index (χ1n) is 15.8. The molecule has 2 amide bonds. The maximum absolute atomic E-state index is 13.0. The quantitative estimate of drug-likeness (QED) is 0.264. The van der Waals surface area contributed by atoms with Gasteiger partial charge in [-0.15, -0.1) is 0 Å². The van der Waals surface area contributed by atoms with E-state index in [1.54, 1.807) is 4.90 Å². The maximum atomic E-state index is 13.0. The van der Waals surface area contributed by atoms with Gasteiger partial charge >= 0.3 is 5.97 Å². The molecule has 0 radical (unpaired) electrons. The van der Waals surface area contributed by atoms with Crippen LogP contribution in [-0.2, 0) is 19.1 Å². The standard InChI is InChI=1S/C20H37NO3.C15H31NO/c1-15(2)19(6,7)20(8,14-18(3,4)5)17(23)24-13-12-21-11-9-10-16(21)22;1-11(14(5,6)7)12(17)16-15(8,9)10-13(2,3)4/h15H,9-14H2,1-8H3;11H,10H2,1-9H3,(H,16,17). The lowest BCUT2D eigenvalue weighted by molar-refractivity contribution is -0.169. The summed E-state index contributed by atoms with van der Waals surface area (Å²) in [6, 6.07) is 0. The van der Waals surface area contributed by atoms with Crippen molar-refractivity contribution >= 4 is 17.8 Å². The molecule has 0 aromatic heterocycles. The van der Waals surface area contributed by atoms with Gasteiger partial charge in [0.2, 0.25) is 11.8 Å². The number of carbonyl (C=O) groups excluding carboxylic acids is 3. The van der Waals surface area contributed by atoms with Gasteiger partial charge in [-0.25, -0.2) is 0 Å². The molecule has 1 saturated heterocycles. The minimum atomic E-state index is -0.561. The highest BCUT2D eigenvalue weighted by atomic mass is 16.5. The Hall–Kier alpha value is -1.59. The molecule has 1 aliphatic heterocycles. The summed E-state index contributed by atoms with van der Waals surface area (Å²) < 4.78 is 5.67. The third kappa shape index (κ3) is 13.1. The summed E-state index contributed by atoms with van der Waals surface area (Å²) in [4.78, 5) is 38.7. The van der Waals surface area contributed by atoms with Crippen LogP contribution < -0.4 is 5.32 Å². The van der Waals surface area contributed by atoms with Gasteiger partial charge in [0.25, 0.3) is 0 Å². The van der Waals surface area contributed by atoms with Gasteiger partial charge < -0.3 is 15.0 Å². The van der Waals surface area contributed by atoms with E-state index in [-0.39, 0.29) is 50.9 Å². The van der Waals surface area contributed by atoms with Crippen LogP contribution in [0.25, 0.3) is 0 Å². The molecule has 0 spiro atoms. The van der Waals surface area contributed by atoms with Crippen LogP contribution in [0.15, 0.2) is 0 Å². The van der Waals surface area contributed by atoms with E-state index >= 15 is 0 Å². The number of nitrogens with one attached hydrogen (secondary N) is 1. The first kappa shape index (κ1) is 39.4. The van der Waals surface area contributed by atoms with Gasteiger partial charge in [-0.1, -0.05) is 96.9 Å². The monoisotopic (exact) mass is 581 g/mol. The van der Waals surface area contributed by atoms with Crippen molar-refractivity contribution in [3.63, 3.8) is 0 Å². The number of ether oxygens (including phenoxy) is 1. The van der Waals surface area contributed by atoms with Crippen LogP contribution in [-0.4, -0.2) is 47.9 Å². The molecule has 1 aliphatic rings. The van der Waals surface area contributed by atoms with E-state index < -0.39 is 5.41 Å². The number of rotatable bonds is 10. The molecule has 2 atom stereocenters. The number of likely N-dealkylation sites (tertiary alicyclic amines) is 1. The Labute approximate surface area is 254 Å². The van der Waals surface area contributed by atoms with E-state index in [2.05, 4.69) is 109 Å². The van der Waals surface area contributed by atoms with Crippen LogP contribution in [0.2, 0.25) is 0 Å². The number of nitrogens with zero attached hydrogens (tertiary/aromatic N) is 1. The fraction of sp³-hybridized carbons (Fsp3) is 0.914. The van der Waals surface area contributed by atoms with Gasteiger partial charge in [0, 0.05) is 24.4 Å². The minimum Gasteiger partial charge on any atom is -0.463 e. The van der Waals surface area contributed by atoms with Crippen LogP contribution in [0.5, 0.6) is 0 Å². The summed E-state index contributed by atoms with van der Waals surface area (Å²) in [5.74, 6) is 0.583. The first-order chi connectivity index (χ1) is 18.1. The van der Waals surface area contributed by atoms with E-state index in [4.69, 9.17) is 4.74 Å². The van der Waals surface area contributed by atoms with Crippen molar-refractivity contribution in [3.8, 4) is 0 Å². The molecule has 6 nitrogen and oxygen atoms in total. The molecule has 41 heavy (non-hydrogen) atoms. The van der Waals surface area contributed by atoms with Gasteiger partial charge in [0.05, 0.1) is 12.0 Å². The highest BCUT2D eigenvalue weighted by Gasteiger charge is 2.51.